The standard InChI is InChI=1S/C35H30N4.C3H6/c1-3-15-30(28(4-2)25-16-8-5-9-17-25)39-31-22-14-23-36-33(31)34-32(39)24-29(26-18-10-6-11-19-26)35(38-34)37-27-20-12-7-13-21-27;1-3-2/h3-4,6-8,10-24H,1,5,9H2,2H3,(H,37,38);3H,1H2,2H3/b28-4-,30-15+;. The van der Waals surface area contributed by atoms with Crippen LogP contribution >= 0.6 is 0 Å². The molecule has 0 saturated carbocycles. The Balaban J connectivity index is 0.00000113. The van der Waals surface area contributed by atoms with E-state index in [0.717, 1.165) is 68.8 Å². The van der Waals surface area contributed by atoms with Gasteiger partial charge in [0.25, 0.3) is 0 Å². The number of anilines is 2. The summed E-state index contributed by atoms with van der Waals surface area (Å²) in [6.07, 6.45) is 18.6. The molecule has 0 unspecified atom stereocenters. The lowest BCUT2D eigenvalue weighted by Crippen LogP contribution is -2.04. The van der Waals surface area contributed by atoms with Crippen molar-refractivity contribution in [3.8, 4) is 11.1 Å². The molecule has 3 heterocycles. The zero-order valence-corrected chi connectivity index (χ0v) is 24.3. The summed E-state index contributed by atoms with van der Waals surface area (Å²) in [6, 6.07) is 26.9. The van der Waals surface area contributed by atoms with Gasteiger partial charge in [0.15, 0.2) is 0 Å². The molecule has 2 aromatic carbocycles. The smallest absolute Gasteiger partial charge is 0.139 e. The molecular formula is C38H36N4. The van der Waals surface area contributed by atoms with Gasteiger partial charge >= 0.3 is 0 Å². The first-order chi connectivity index (χ1) is 20.7. The minimum absolute atomic E-state index is 0.794. The number of nitrogens with zero attached hydrogens (tertiary/aromatic N) is 3. The van der Waals surface area contributed by atoms with Crippen LogP contribution in [-0.4, -0.2) is 14.5 Å². The molecule has 1 aliphatic rings. The predicted octanol–water partition coefficient (Wildman–Crippen LogP) is 10.4. The number of nitrogens with one attached hydrogen (secondary N) is 1. The van der Waals surface area contributed by atoms with Crippen LogP contribution in [0.15, 0.2) is 152 Å². The highest BCUT2D eigenvalue weighted by Crippen LogP contribution is 2.39. The number of aromatic nitrogens is 3. The van der Waals surface area contributed by atoms with Crippen molar-refractivity contribution in [2.24, 2.45) is 0 Å². The average Bonchev–Trinajstić information content (AvgIpc) is 3.35. The van der Waals surface area contributed by atoms with Crippen LogP contribution in [0.25, 0.3) is 38.9 Å². The second kappa shape index (κ2) is 13.4. The molecule has 3 aromatic heterocycles. The predicted molar refractivity (Wildman–Crippen MR) is 181 cm³/mol. The summed E-state index contributed by atoms with van der Waals surface area (Å²) in [7, 11) is 0. The second-order valence-corrected chi connectivity index (χ2v) is 9.85. The van der Waals surface area contributed by atoms with E-state index in [1.54, 1.807) is 6.08 Å². The van der Waals surface area contributed by atoms with Crippen molar-refractivity contribution in [2.75, 3.05) is 5.32 Å². The summed E-state index contributed by atoms with van der Waals surface area (Å²) >= 11 is 0. The maximum Gasteiger partial charge on any atom is 0.139 e. The molecule has 4 nitrogen and oxygen atoms in total. The van der Waals surface area contributed by atoms with Crippen molar-refractivity contribution >= 4 is 39.3 Å². The highest BCUT2D eigenvalue weighted by atomic mass is 15.1. The van der Waals surface area contributed by atoms with Crippen LogP contribution in [-0.2, 0) is 0 Å². The Morgan fingerprint density at radius 3 is 2.29 bits per heavy atom. The van der Waals surface area contributed by atoms with Crippen molar-refractivity contribution in [3.63, 3.8) is 0 Å². The van der Waals surface area contributed by atoms with Crippen LogP contribution in [0.5, 0.6) is 0 Å². The van der Waals surface area contributed by atoms with E-state index in [-0.39, 0.29) is 0 Å². The molecule has 5 aromatic rings. The van der Waals surface area contributed by atoms with Crippen molar-refractivity contribution in [2.45, 2.75) is 26.7 Å². The maximum atomic E-state index is 5.24. The maximum absolute atomic E-state index is 5.24. The third-order valence-corrected chi connectivity index (χ3v) is 7.00. The van der Waals surface area contributed by atoms with Gasteiger partial charge in [-0.25, -0.2) is 4.98 Å². The Kier molecular flexibility index (Phi) is 9.05. The van der Waals surface area contributed by atoms with E-state index in [1.807, 2.05) is 49.5 Å². The summed E-state index contributed by atoms with van der Waals surface area (Å²) in [4.78, 5) is 10.0. The average molecular weight is 549 g/mol. The summed E-state index contributed by atoms with van der Waals surface area (Å²) in [6.45, 7) is 11.4. The lowest BCUT2D eigenvalue weighted by molar-refractivity contribution is 1.02. The molecular weight excluding hydrogens is 512 g/mol. The van der Waals surface area contributed by atoms with Crippen LogP contribution < -0.4 is 5.32 Å². The van der Waals surface area contributed by atoms with Gasteiger partial charge in [0, 0.05) is 23.0 Å². The van der Waals surface area contributed by atoms with Crippen molar-refractivity contribution in [1.82, 2.24) is 14.5 Å². The monoisotopic (exact) mass is 548 g/mol. The third-order valence-electron chi connectivity index (χ3n) is 7.00. The Morgan fingerprint density at radius 1 is 0.881 bits per heavy atom. The summed E-state index contributed by atoms with van der Waals surface area (Å²) in [5.74, 6) is 0.794. The Bertz CT molecular complexity index is 1830. The Morgan fingerprint density at radius 2 is 1.62 bits per heavy atom. The van der Waals surface area contributed by atoms with Gasteiger partial charge in [-0.15, -0.1) is 6.58 Å². The van der Waals surface area contributed by atoms with Gasteiger partial charge in [0.1, 0.15) is 16.9 Å². The molecule has 0 amide bonds. The number of pyridine rings is 2. The van der Waals surface area contributed by atoms with Crippen molar-refractivity contribution in [3.05, 3.63) is 152 Å². The lowest BCUT2D eigenvalue weighted by atomic mass is 9.96. The van der Waals surface area contributed by atoms with Crippen LogP contribution in [0.2, 0.25) is 0 Å². The number of benzene rings is 2. The summed E-state index contributed by atoms with van der Waals surface area (Å²) in [5, 5.41) is 3.57. The van der Waals surface area contributed by atoms with E-state index >= 15 is 0 Å². The van der Waals surface area contributed by atoms with Gasteiger partial charge in [-0.3, -0.25) is 4.98 Å². The van der Waals surface area contributed by atoms with Crippen molar-refractivity contribution < 1.29 is 0 Å². The fraction of sp³-hybridized carbons (Fsp3) is 0.105. The topological polar surface area (TPSA) is 42.7 Å². The molecule has 0 atom stereocenters. The lowest BCUT2D eigenvalue weighted by Gasteiger charge is -2.19. The molecule has 1 aliphatic carbocycles. The number of fused-ring (bicyclic) bond motifs is 3. The quantitative estimate of drug-likeness (QED) is 0.162. The number of rotatable bonds is 7. The van der Waals surface area contributed by atoms with Crippen molar-refractivity contribution in [1.29, 1.82) is 0 Å². The molecule has 1 N–H and O–H groups in total. The van der Waals surface area contributed by atoms with E-state index in [1.165, 1.54) is 5.57 Å². The van der Waals surface area contributed by atoms with Gasteiger partial charge in [-0.05, 0) is 74.2 Å². The highest BCUT2D eigenvalue weighted by Gasteiger charge is 2.22. The Hall–Kier alpha value is -5.22. The van der Waals surface area contributed by atoms with E-state index in [0.29, 0.717) is 0 Å². The van der Waals surface area contributed by atoms with Gasteiger partial charge in [0.05, 0.1) is 16.7 Å². The van der Waals surface area contributed by atoms with E-state index < -0.39 is 0 Å². The first-order valence-corrected chi connectivity index (χ1v) is 14.3. The van der Waals surface area contributed by atoms with Gasteiger partial charge in [-0.1, -0.05) is 91.6 Å². The normalized spacial score (nSPS) is 13.3. The zero-order chi connectivity index (χ0) is 29.3. The van der Waals surface area contributed by atoms with Crippen LogP contribution in [0.1, 0.15) is 26.7 Å². The summed E-state index contributed by atoms with van der Waals surface area (Å²) < 4.78 is 2.28. The molecule has 6 rings (SSSR count). The molecule has 0 spiro atoms. The molecule has 0 saturated heterocycles. The van der Waals surface area contributed by atoms with Gasteiger partial charge < -0.3 is 9.88 Å². The molecule has 0 radical (unpaired) electrons. The van der Waals surface area contributed by atoms with Crippen LogP contribution in [0.4, 0.5) is 11.5 Å². The fourth-order valence-corrected chi connectivity index (χ4v) is 5.26. The zero-order valence-electron chi connectivity index (χ0n) is 24.3. The van der Waals surface area contributed by atoms with Gasteiger partial charge in [-0.2, -0.15) is 0 Å². The highest BCUT2D eigenvalue weighted by molar-refractivity contribution is 6.09. The number of allylic oxidation sites excluding steroid dienone is 10. The second-order valence-electron chi connectivity index (χ2n) is 9.85. The third kappa shape index (κ3) is 5.79. The largest absolute Gasteiger partial charge is 0.340 e. The fourth-order valence-electron chi connectivity index (χ4n) is 5.26. The van der Waals surface area contributed by atoms with E-state index in [9.17, 15) is 0 Å². The van der Waals surface area contributed by atoms with E-state index in [2.05, 4.69) is 109 Å². The molecule has 0 aliphatic heterocycles. The van der Waals surface area contributed by atoms with Crippen LogP contribution in [0, 0.1) is 0 Å². The van der Waals surface area contributed by atoms with Gasteiger partial charge in [0.2, 0.25) is 0 Å². The van der Waals surface area contributed by atoms with E-state index in [4.69, 9.17) is 9.97 Å². The first-order valence-electron chi connectivity index (χ1n) is 14.3. The van der Waals surface area contributed by atoms with Crippen LogP contribution in [0.3, 0.4) is 0 Å². The minimum Gasteiger partial charge on any atom is -0.340 e. The Labute approximate surface area is 248 Å². The molecule has 42 heavy (non-hydrogen) atoms. The number of hydrogen-bond donors (Lipinski definition) is 1. The summed E-state index contributed by atoms with van der Waals surface area (Å²) in [5.41, 5.74) is 10.2. The molecule has 4 heteroatoms. The molecule has 0 bridgehead atoms. The molecule has 0 fully saturated rings. The number of para-hydroxylation sites is 1. The number of hydrogen-bond acceptors (Lipinski definition) is 3. The molecule has 208 valence electrons. The first kappa shape index (κ1) is 28.3. The SMILES string of the molecule is C=C/C=C(\C(=C/C)C1=CCCC=C1)n1c2cccnc2c2nc(Nc3ccccc3)c(-c3ccccc3)cc21.C=CC. The minimum atomic E-state index is 0.794.